The molecule has 4 atom stereocenters. The minimum atomic E-state index is -1.09. The van der Waals surface area contributed by atoms with Gasteiger partial charge in [-0.15, -0.1) is 0 Å². The third-order valence-electron chi connectivity index (χ3n) is 6.85. The highest BCUT2D eigenvalue weighted by atomic mass is 16.5. The molecule has 2 unspecified atom stereocenters. The van der Waals surface area contributed by atoms with Crippen LogP contribution in [0, 0.1) is 11.8 Å². The van der Waals surface area contributed by atoms with Crippen molar-refractivity contribution in [3.8, 4) is 11.1 Å². The van der Waals surface area contributed by atoms with Gasteiger partial charge in [0.1, 0.15) is 0 Å². The van der Waals surface area contributed by atoms with Crippen molar-refractivity contribution in [3.63, 3.8) is 0 Å². The molecule has 2 aromatic carbocycles. The molecule has 1 aliphatic heterocycles. The number of carbonyl (C=O) groups is 2. The largest absolute Gasteiger partial charge is 0.476 e. The van der Waals surface area contributed by atoms with E-state index in [2.05, 4.69) is 46.4 Å². The topological polar surface area (TPSA) is 84.7 Å². The number of fused-ring (bicyclic) bond motifs is 1. The smallest absolute Gasteiger partial charge is 0.356 e. The molecular formula is C26H27N3O4. The summed E-state index contributed by atoms with van der Waals surface area (Å²) in [4.78, 5) is 25.0. The standard InChI is InChI=1S/C26H27N3O4/c30-16-25(29-10-9-24(27-29)26(31)32)28-14-21-12-23(13-22(21)15-28)33-17-18-5-4-8-20(11-18)19-6-2-1-3-7-19/h1-11,16,21-23,25H,12-15,17H2,(H,31,32)/t21-,22+,23?,25?. The number of nitrogens with zero attached hydrogens (tertiary/aromatic N) is 3. The van der Waals surface area contributed by atoms with Crippen LogP contribution in [0.2, 0.25) is 0 Å². The Morgan fingerprint density at radius 1 is 1.06 bits per heavy atom. The van der Waals surface area contributed by atoms with E-state index in [-0.39, 0.29) is 11.8 Å². The summed E-state index contributed by atoms with van der Waals surface area (Å²) in [6.07, 6.45) is 4.01. The van der Waals surface area contributed by atoms with Gasteiger partial charge < -0.3 is 9.84 Å². The molecule has 1 aromatic heterocycles. The Balaban J connectivity index is 1.16. The number of benzene rings is 2. The Morgan fingerprint density at radius 3 is 2.45 bits per heavy atom. The quantitative estimate of drug-likeness (QED) is 0.530. The first-order valence-electron chi connectivity index (χ1n) is 11.3. The molecule has 7 nitrogen and oxygen atoms in total. The predicted molar refractivity (Wildman–Crippen MR) is 123 cm³/mol. The van der Waals surface area contributed by atoms with E-state index in [0.29, 0.717) is 18.4 Å². The molecule has 3 aromatic rings. The molecule has 170 valence electrons. The van der Waals surface area contributed by atoms with Gasteiger partial charge in [0.05, 0.1) is 12.7 Å². The fourth-order valence-electron chi connectivity index (χ4n) is 5.23. The molecule has 1 saturated heterocycles. The third-order valence-corrected chi connectivity index (χ3v) is 6.85. The lowest BCUT2D eigenvalue weighted by molar-refractivity contribution is -0.115. The lowest BCUT2D eigenvalue weighted by Crippen LogP contribution is -2.34. The summed E-state index contributed by atoms with van der Waals surface area (Å²) in [5.41, 5.74) is 3.52. The first-order valence-corrected chi connectivity index (χ1v) is 11.3. The maximum Gasteiger partial charge on any atom is 0.356 e. The summed E-state index contributed by atoms with van der Waals surface area (Å²) >= 11 is 0. The first kappa shape index (κ1) is 21.6. The highest BCUT2D eigenvalue weighted by Crippen LogP contribution is 2.41. The van der Waals surface area contributed by atoms with Crippen molar-refractivity contribution in [2.24, 2.45) is 11.8 Å². The molecule has 5 rings (SSSR count). The zero-order valence-electron chi connectivity index (χ0n) is 18.3. The Morgan fingerprint density at radius 2 is 1.79 bits per heavy atom. The SMILES string of the molecule is O=CC(N1C[C@H]2CC(OCc3cccc(-c4ccccc4)c3)C[C@H]2C1)n1ccc(C(=O)O)n1. The number of aromatic carboxylic acids is 1. The van der Waals surface area contributed by atoms with Gasteiger partial charge in [-0.2, -0.15) is 5.10 Å². The number of hydrogen-bond donors (Lipinski definition) is 1. The van der Waals surface area contributed by atoms with Crippen molar-refractivity contribution in [1.29, 1.82) is 0 Å². The fourth-order valence-corrected chi connectivity index (χ4v) is 5.23. The molecule has 1 N–H and O–H groups in total. The Labute approximate surface area is 192 Å². The van der Waals surface area contributed by atoms with E-state index in [9.17, 15) is 9.59 Å². The number of ether oxygens (including phenoxy) is 1. The molecule has 2 aliphatic rings. The number of hydrogen-bond acceptors (Lipinski definition) is 5. The summed E-state index contributed by atoms with van der Waals surface area (Å²) in [6.45, 7) is 2.18. The van der Waals surface area contributed by atoms with Gasteiger partial charge in [-0.25, -0.2) is 9.48 Å². The predicted octanol–water partition coefficient (Wildman–Crippen LogP) is 3.87. The average molecular weight is 446 g/mol. The van der Waals surface area contributed by atoms with Gasteiger partial charge in [-0.3, -0.25) is 9.69 Å². The van der Waals surface area contributed by atoms with E-state index < -0.39 is 12.1 Å². The van der Waals surface area contributed by atoms with Gasteiger partial charge in [-0.05, 0) is 53.5 Å². The normalized spacial score (nSPS) is 23.3. The Bertz CT molecular complexity index is 1120. The van der Waals surface area contributed by atoms with Crippen LogP contribution >= 0.6 is 0 Å². The Hall–Kier alpha value is -3.29. The van der Waals surface area contributed by atoms with Crippen molar-refractivity contribution >= 4 is 12.3 Å². The van der Waals surface area contributed by atoms with Gasteiger partial charge in [0.15, 0.2) is 18.1 Å². The number of carboxylic acid groups (broad SMARTS) is 1. The summed E-state index contributed by atoms with van der Waals surface area (Å²) in [5, 5.41) is 13.1. The summed E-state index contributed by atoms with van der Waals surface area (Å²) in [7, 11) is 0. The molecule has 1 aliphatic carbocycles. The highest BCUT2D eigenvalue weighted by molar-refractivity contribution is 5.85. The van der Waals surface area contributed by atoms with Crippen molar-refractivity contribution in [2.75, 3.05) is 13.1 Å². The van der Waals surface area contributed by atoms with Crippen LogP contribution in [0.25, 0.3) is 11.1 Å². The summed E-state index contributed by atoms with van der Waals surface area (Å²) in [5.74, 6) is -0.142. The van der Waals surface area contributed by atoms with Crippen LogP contribution in [0.4, 0.5) is 0 Å². The highest BCUT2D eigenvalue weighted by Gasteiger charge is 2.43. The zero-order valence-corrected chi connectivity index (χ0v) is 18.3. The van der Waals surface area contributed by atoms with Gasteiger partial charge in [0.2, 0.25) is 0 Å². The van der Waals surface area contributed by atoms with Crippen molar-refractivity contribution in [1.82, 2.24) is 14.7 Å². The van der Waals surface area contributed by atoms with E-state index in [1.807, 2.05) is 18.2 Å². The van der Waals surface area contributed by atoms with Crippen LogP contribution in [0.1, 0.15) is 35.1 Å². The second-order valence-corrected chi connectivity index (χ2v) is 8.98. The van der Waals surface area contributed by atoms with E-state index in [1.165, 1.54) is 27.4 Å². The minimum Gasteiger partial charge on any atom is -0.476 e. The van der Waals surface area contributed by atoms with Crippen molar-refractivity contribution in [3.05, 3.63) is 78.1 Å². The molecule has 7 heteroatoms. The molecular weight excluding hydrogens is 418 g/mol. The second kappa shape index (κ2) is 9.29. The molecule has 33 heavy (non-hydrogen) atoms. The number of aldehydes is 1. The molecule has 0 radical (unpaired) electrons. The van der Waals surface area contributed by atoms with Crippen LogP contribution in [0.5, 0.6) is 0 Å². The fraction of sp³-hybridized carbons (Fsp3) is 0.346. The van der Waals surface area contributed by atoms with Crippen LogP contribution in [0.15, 0.2) is 66.9 Å². The number of likely N-dealkylation sites (tertiary alicyclic amines) is 1. The summed E-state index contributed by atoms with van der Waals surface area (Å²) < 4.78 is 7.73. The summed E-state index contributed by atoms with van der Waals surface area (Å²) in [6, 6.07) is 20.3. The molecule has 2 fully saturated rings. The Kier molecular flexibility index (Phi) is 6.07. The van der Waals surface area contributed by atoms with E-state index in [0.717, 1.165) is 32.2 Å². The molecule has 2 heterocycles. The lowest BCUT2D eigenvalue weighted by atomic mass is 10.0. The second-order valence-electron chi connectivity index (χ2n) is 8.98. The maximum absolute atomic E-state index is 11.8. The molecule has 0 bridgehead atoms. The number of carboxylic acids is 1. The van der Waals surface area contributed by atoms with Gasteiger partial charge in [0, 0.05) is 19.3 Å². The van der Waals surface area contributed by atoms with Crippen LogP contribution < -0.4 is 0 Å². The molecule has 0 spiro atoms. The maximum atomic E-state index is 11.8. The van der Waals surface area contributed by atoms with E-state index in [4.69, 9.17) is 9.84 Å². The van der Waals surface area contributed by atoms with Gasteiger partial charge in [0.25, 0.3) is 0 Å². The third kappa shape index (κ3) is 4.60. The average Bonchev–Trinajstić information content (AvgIpc) is 3.55. The van der Waals surface area contributed by atoms with Crippen molar-refractivity contribution < 1.29 is 19.4 Å². The van der Waals surface area contributed by atoms with E-state index >= 15 is 0 Å². The van der Waals surface area contributed by atoms with Gasteiger partial charge in [-0.1, -0.05) is 48.5 Å². The number of aromatic nitrogens is 2. The van der Waals surface area contributed by atoms with Crippen LogP contribution in [0.3, 0.4) is 0 Å². The van der Waals surface area contributed by atoms with Crippen molar-refractivity contribution in [2.45, 2.75) is 31.7 Å². The lowest BCUT2D eigenvalue weighted by Gasteiger charge is -2.25. The number of rotatable bonds is 8. The number of carbonyl (C=O) groups excluding carboxylic acids is 1. The van der Waals surface area contributed by atoms with Crippen LogP contribution in [-0.4, -0.2) is 51.2 Å². The molecule has 0 amide bonds. The molecule has 1 saturated carbocycles. The zero-order chi connectivity index (χ0) is 22.8. The first-order chi connectivity index (χ1) is 16.1. The minimum absolute atomic E-state index is 0.0500. The van der Waals surface area contributed by atoms with Gasteiger partial charge >= 0.3 is 5.97 Å². The van der Waals surface area contributed by atoms with E-state index in [1.54, 1.807) is 6.20 Å². The van der Waals surface area contributed by atoms with Crippen LogP contribution in [-0.2, 0) is 16.1 Å². The monoisotopic (exact) mass is 445 g/mol.